The zero-order valence-electron chi connectivity index (χ0n) is 17.1. The van der Waals surface area contributed by atoms with E-state index in [9.17, 15) is 22.8 Å². The van der Waals surface area contributed by atoms with Gasteiger partial charge in [0, 0.05) is 26.7 Å². The van der Waals surface area contributed by atoms with Crippen LogP contribution >= 0.6 is 0 Å². The normalized spacial score (nSPS) is 16.9. The summed E-state index contributed by atoms with van der Waals surface area (Å²) in [7, 11) is 1.53. The predicted octanol–water partition coefficient (Wildman–Crippen LogP) is 2.08. The minimum Gasteiger partial charge on any atom is -0.383 e. The molecule has 0 unspecified atom stereocenters. The van der Waals surface area contributed by atoms with Crippen LogP contribution in [0.5, 0.6) is 0 Å². The van der Waals surface area contributed by atoms with Gasteiger partial charge in [0.05, 0.1) is 30.8 Å². The summed E-state index contributed by atoms with van der Waals surface area (Å²) in [5.41, 5.74) is -0.283. The van der Waals surface area contributed by atoms with E-state index in [4.69, 9.17) is 4.74 Å². The average Bonchev–Trinajstić information content (AvgIpc) is 3.24. The number of halogens is 3. The first kappa shape index (κ1) is 22.7. The van der Waals surface area contributed by atoms with E-state index in [2.05, 4.69) is 15.6 Å². The highest BCUT2D eigenvalue weighted by atomic mass is 19.4. The minimum atomic E-state index is -4.45. The van der Waals surface area contributed by atoms with Crippen molar-refractivity contribution in [3.63, 3.8) is 0 Å². The lowest BCUT2D eigenvalue weighted by Gasteiger charge is -2.32. The van der Waals surface area contributed by atoms with Crippen LogP contribution in [0, 0.1) is 0 Å². The average molecular weight is 439 g/mol. The summed E-state index contributed by atoms with van der Waals surface area (Å²) in [6, 6.07) is 4.65. The number of aromatic nitrogens is 3. The molecule has 1 aromatic carbocycles. The lowest BCUT2D eigenvalue weighted by atomic mass is 10.0. The molecule has 0 aliphatic carbocycles. The van der Waals surface area contributed by atoms with Crippen molar-refractivity contribution in [1.29, 1.82) is 0 Å². The van der Waals surface area contributed by atoms with Gasteiger partial charge in [0.1, 0.15) is 0 Å². The van der Waals surface area contributed by atoms with Crippen LogP contribution in [-0.2, 0) is 22.1 Å². The molecule has 2 aromatic rings. The molecule has 1 aliphatic heterocycles. The van der Waals surface area contributed by atoms with E-state index in [0.717, 1.165) is 18.6 Å². The Morgan fingerprint density at radius 1 is 1.32 bits per heavy atom. The molecule has 1 aliphatic rings. The van der Waals surface area contributed by atoms with Gasteiger partial charge in [-0.15, -0.1) is 5.10 Å². The number of likely N-dealkylation sites (tertiary alicyclic amines) is 1. The summed E-state index contributed by atoms with van der Waals surface area (Å²) in [5.74, 6) is -0.613. The van der Waals surface area contributed by atoms with Gasteiger partial charge in [0.2, 0.25) is 5.91 Å². The molecule has 168 valence electrons. The maximum absolute atomic E-state index is 12.9. The van der Waals surface area contributed by atoms with Crippen molar-refractivity contribution < 1.29 is 27.5 Å². The lowest BCUT2D eigenvalue weighted by molar-refractivity contribution is -0.138. The fraction of sp³-hybridized carbons (Fsp3) is 0.500. The number of carbonyl (C=O) groups is 2. The Balaban J connectivity index is 1.60. The van der Waals surface area contributed by atoms with E-state index >= 15 is 0 Å². The number of ether oxygens (including phenoxy) is 1. The third kappa shape index (κ3) is 6.03. The predicted molar refractivity (Wildman–Crippen MR) is 104 cm³/mol. The first-order valence-electron chi connectivity index (χ1n) is 9.91. The Labute approximate surface area is 177 Å². The Kier molecular flexibility index (Phi) is 7.26. The number of methoxy groups -OCH3 is 1. The number of amides is 2. The number of carbonyl (C=O) groups excluding carboxylic acids is 2. The number of hydrogen-bond donors (Lipinski definition) is 1. The fourth-order valence-corrected chi connectivity index (χ4v) is 3.46. The minimum absolute atomic E-state index is 0.110. The lowest BCUT2D eigenvalue weighted by Crippen LogP contribution is -2.41. The molecule has 1 saturated heterocycles. The van der Waals surface area contributed by atoms with Gasteiger partial charge in [-0.05, 0) is 24.5 Å². The van der Waals surface area contributed by atoms with Crippen molar-refractivity contribution in [3.05, 3.63) is 47.3 Å². The van der Waals surface area contributed by atoms with Gasteiger partial charge in [-0.1, -0.05) is 23.4 Å². The zero-order valence-corrected chi connectivity index (χ0v) is 17.1. The van der Waals surface area contributed by atoms with E-state index in [-0.39, 0.29) is 30.0 Å². The zero-order chi connectivity index (χ0) is 22.4. The molecule has 11 heteroatoms. The SMILES string of the molecule is COCCNC(=O)c1cn([C@@H]2CCCN(C(=O)Cc3cccc(C(F)(F)F)c3)C2)nn1. The van der Waals surface area contributed by atoms with Crippen LogP contribution in [0.15, 0.2) is 30.5 Å². The van der Waals surface area contributed by atoms with Crippen molar-refractivity contribution in [3.8, 4) is 0 Å². The quantitative estimate of drug-likeness (QED) is 0.668. The van der Waals surface area contributed by atoms with Gasteiger partial charge < -0.3 is 15.0 Å². The van der Waals surface area contributed by atoms with Crippen LogP contribution < -0.4 is 5.32 Å². The first-order chi connectivity index (χ1) is 14.8. The van der Waals surface area contributed by atoms with E-state index in [0.29, 0.717) is 38.2 Å². The summed E-state index contributed by atoms with van der Waals surface area (Å²) < 4.78 is 45.1. The Morgan fingerprint density at radius 3 is 2.87 bits per heavy atom. The number of rotatable bonds is 7. The molecule has 1 fully saturated rings. The molecule has 2 amide bonds. The number of piperidine rings is 1. The third-order valence-corrected chi connectivity index (χ3v) is 5.07. The van der Waals surface area contributed by atoms with Crippen LogP contribution in [0.1, 0.15) is 40.5 Å². The van der Waals surface area contributed by atoms with E-state index in [1.807, 2.05) is 0 Å². The number of nitrogens with zero attached hydrogens (tertiary/aromatic N) is 4. The highest BCUT2D eigenvalue weighted by Gasteiger charge is 2.31. The third-order valence-electron chi connectivity index (χ3n) is 5.07. The molecular formula is C20H24F3N5O3. The molecule has 0 spiro atoms. The highest BCUT2D eigenvalue weighted by Crippen LogP contribution is 2.30. The van der Waals surface area contributed by atoms with Crippen molar-refractivity contribution in [1.82, 2.24) is 25.2 Å². The smallest absolute Gasteiger partial charge is 0.383 e. The van der Waals surface area contributed by atoms with E-state index in [1.165, 1.54) is 25.4 Å². The molecule has 1 atom stereocenters. The van der Waals surface area contributed by atoms with Crippen LogP contribution in [0.2, 0.25) is 0 Å². The second-order valence-corrected chi connectivity index (χ2v) is 7.34. The van der Waals surface area contributed by atoms with Gasteiger partial charge in [-0.25, -0.2) is 4.68 Å². The van der Waals surface area contributed by atoms with Gasteiger partial charge in [0.25, 0.3) is 5.91 Å². The molecule has 0 radical (unpaired) electrons. The van der Waals surface area contributed by atoms with Crippen molar-refractivity contribution >= 4 is 11.8 Å². The molecule has 1 aromatic heterocycles. The standard InChI is InChI=1S/C20H24F3N5O3/c1-31-9-7-24-19(30)17-13-28(26-25-17)16-6-3-8-27(12-16)18(29)11-14-4-2-5-15(10-14)20(21,22)23/h2,4-5,10,13,16H,3,6-9,11-12H2,1H3,(H,24,30)/t16-/m1/s1. The van der Waals surface area contributed by atoms with Crippen molar-refractivity contribution in [2.24, 2.45) is 0 Å². The summed E-state index contributed by atoms with van der Waals surface area (Å²) in [6.45, 7) is 1.61. The Bertz CT molecular complexity index is 915. The summed E-state index contributed by atoms with van der Waals surface area (Å²) in [6.07, 6.45) is -1.56. The van der Waals surface area contributed by atoms with Crippen LogP contribution in [0.4, 0.5) is 13.2 Å². The van der Waals surface area contributed by atoms with E-state index in [1.54, 1.807) is 9.58 Å². The molecule has 8 nitrogen and oxygen atoms in total. The summed E-state index contributed by atoms with van der Waals surface area (Å²) in [5, 5.41) is 10.6. The van der Waals surface area contributed by atoms with Crippen LogP contribution in [0.25, 0.3) is 0 Å². The number of benzene rings is 1. The van der Waals surface area contributed by atoms with Gasteiger partial charge in [-0.3, -0.25) is 9.59 Å². The fourth-order valence-electron chi connectivity index (χ4n) is 3.46. The summed E-state index contributed by atoms with van der Waals surface area (Å²) in [4.78, 5) is 26.4. The number of nitrogens with one attached hydrogen (secondary N) is 1. The van der Waals surface area contributed by atoms with Crippen LogP contribution in [0.3, 0.4) is 0 Å². The van der Waals surface area contributed by atoms with Crippen LogP contribution in [-0.4, -0.2) is 65.1 Å². The topological polar surface area (TPSA) is 89.4 Å². The monoisotopic (exact) mass is 439 g/mol. The second kappa shape index (κ2) is 9.90. The number of hydrogen-bond acceptors (Lipinski definition) is 5. The number of alkyl halides is 3. The van der Waals surface area contributed by atoms with Gasteiger partial charge in [0.15, 0.2) is 5.69 Å². The molecule has 3 rings (SSSR count). The molecular weight excluding hydrogens is 415 g/mol. The molecule has 31 heavy (non-hydrogen) atoms. The summed E-state index contributed by atoms with van der Waals surface area (Å²) >= 11 is 0. The van der Waals surface area contributed by atoms with Gasteiger partial charge >= 0.3 is 6.18 Å². The van der Waals surface area contributed by atoms with Gasteiger partial charge in [-0.2, -0.15) is 13.2 Å². The molecule has 0 saturated carbocycles. The largest absolute Gasteiger partial charge is 0.416 e. The van der Waals surface area contributed by atoms with Crippen molar-refractivity contribution in [2.75, 3.05) is 33.4 Å². The molecule has 1 N–H and O–H groups in total. The second-order valence-electron chi connectivity index (χ2n) is 7.34. The highest BCUT2D eigenvalue weighted by molar-refractivity contribution is 5.91. The maximum Gasteiger partial charge on any atom is 0.416 e. The Hall–Kier alpha value is -2.95. The van der Waals surface area contributed by atoms with Crippen molar-refractivity contribution in [2.45, 2.75) is 31.5 Å². The first-order valence-corrected chi connectivity index (χ1v) is 9.91. The molecule has 0 bridgehead atoms. The Morgan fingerprint density at radius 2 is 2.13 bits per heavy atom. The molecule has 2 heterocycles. The maximum atomic E-state index is 12.9. The van der Waals surface area contributed by atoms with E-state index < -0.39 is 11.7 Å².